The first-order chi connectivity index (χ1) is 9.88. The van der Waals surface area contributed by atoms with Gasteiger partial charge in [0.1, 0.15) is 0 Å². The molecule has 7 heteroatoms. The molecule has 2 amide bonds. The summed E-state index contributed by atoms with van der Waals surface area (Å²) in [7, 11) is -3.19. The van der Waals surface area contributed by atoms with Crippen molar-refractivity contribution in [3.05, 3.63) is 29.8 Å². The van der Waals surface area contributed by atoms with Crippen LogP contribution < -0.4 is 5.32 Å². The van der Waals surface area contributed by atoms with Gasteiger partial charge in [0, 0.05) is 19.3 Å². The Morgan fingerprint density at radius 1 is 1.24 bits per heavy atom. The third kappa shape index (κ3) is 4.18. The Morgan fingerprint density at radius 2 is 1.81 bits per heavy atom. The molecule has 0 saturated carbocycles. The average molecular weight is 312 g/mol. The SMILES string of the molecule is CC(NC(=O)N1CCOCC1)c1ccc(S(C)(=O)=O)cc1. The predicted molar refractivity (Wildman–Crippen MR) is 78.9 cm³/mol. The van der Waals surface area contributed by atoms with Crippen molar-refractivity contribution in [2.75, 3.05) is 32.6 Å². The minimum atomic E-state index is -3.19. The minimum Gasteiger partial charge on any atom is -0.378 e. The van der Waals surface area contributed by atoms with Crippen LogP contribution in [0.2, 0.25) is 0 Å². The van der Waals surface area contributed by atoms with E-state index in [2.05, 4.69) is 5.32 Å². The van der Waals surface area contributed by atoms with Gasteiger partial charge < -0.3 is 15.0 Å². The number of hydrogen-bond donors (Lipinski definition) is 1. The first-order valence-corrected chi connectivity index (χ1v) is 8.70. The molecule has 1 aromatic rings. The van der Waals surface area contributed by atoms with Crippen molar-refractivity contribution in [3.8, 4) is 0 Å². The summed E-state index contributed by atoms with van der Waals surface area (Å²) in [6, 6.07) is 6.25. The number of benzene rings is 1. The zero-order chi connectivity index (χ0) is 15.5. The van der Waals surface area contributed by atoms with Crippen LogP contribution in [-0.2, 0) is 14.6 Å². The fourth-order valence-electron chi connectivity index (χ4n) is 2.13. The highest BCUT2D eigenvalue weighted by Crippen LogP contribution is 2.16. The third-order valence-corrected chi connectivity index (χ3v) is 4.58. The summed E-state index contributed by atoms with van der Waals surface area (Å²) in [5, 5.41) is 2.91. The van der Waals surface area contributed by atoms with Gasteiger partial charge in [-0.3, -0.25) is 0 Å². The minimum absolute atomic E-state index is 0.127. The molecule has 1 aliphatic heterocycles. The number of sulfone groups is 1. The summed E-state index contributed by atoms with van der Waals surface area (Å²) in [5.74, 6) is 0. The Bertz CT molecular complexity index is 592. The topological polar surface area (TPSA) is 75.7 Å². The lowest BCUT2D eigenvalue weighted by molar-refractivity contribution is 0.0526. The summed E-state index contributed by atoms with van der Waals surface area (Å²) in [6.45, 7) is 4.17. The largest absolute Gasteiger partial charge is 0.378 e. The maximum absolute atomic E-state index is 12.1. The molecular formula is C14H20N2O4S. The Morgan fingerprint density at radius 3 is 2.33 bits per heavy atom. The molecule has 1 fully saturated rings. The molecule has 1 N–H and O–H groups in total. The summed E-state index contributed by atoms with van der Waals surface area (Å²) in [5.41, 5.74) is 0.865. The highest BCUT2D eigenvalue weighted by atomic mass is 32.2. The van der Waals surface area contributed by atoms with Gasteiger partial charge in [-0.15, -0.1) is 0 Å². The van der Waals surface area contributed by atoms with Gasteiger partial charge >= 0.3 is 6.03 Å². The van der Waals surface area contributed by atoms with Crippen LogP contribution in [0.3, 0.4) is 0 Å². The van der Waals surface area contributed by atoms with E-state index in [0.29, 0.717) is 26.3 Å². The van der Waals surface area contributed by atoms with Gasteiger partial charge in [-0.1, -0.05) is 12.1 Å². The van der Waals surface area contributed by atoms with Crippen LogP contribution >= 0.6 is 0 Å². The van der Waals surface area contributed by atoms with Crippen LogP contribution in [-0.4, -0.2) is 51.9 Å². The van der Waals surface area contributed by atoms with Crippen molar-refractivity contribution in [1.29, 1.82) is 0 Å². The van der Waals surface area contributed by atoms with Crippen molar-refractivity contribution < 1.29 is 17.9 Å². The molecule has 0 bridgehead atoms. The maximum Gasteiger partial charge on any atom is 0.318 e. The van der Waals surface area contributed by atoms with E-state index in [9.17, 15) is 13.2 Å². The van der Waals surface area contributed by atoms with E-state index in [-0.39, 0.29) is 17.0 Å². The van der Waals surface area contributed by atoms with Crippen LogP contribution in [0, 0.1) is 0 Å². The van der Waals surface area contributed by atoms with Crippen molar-refractivity contribution in [3.63, 3.8) is 0 Å². The van der Waals surface area contributed by atoms with E-state index in [1.54, 1.807) is 29.2 Å². The van der Waals surface area contributed by atoms with E-state index in [1.807, 2.05) is 6.92 Å². The number of morpholine rings is 1. The van der Waals surface area contributed by atoms with E-state index in [1.165, 1.54) is 6.26 Å². The molecule has 116 valence electrons. The molecule has 0 aromatic heterocycles. The molecule has 0 aliphatic carbocycles. The maximum atomic E-state index is 12.1. The van der Waals surface area contributed by atoms with E-state index in [0.717, 1.165) is 5.56 Å². The third-order valence-electron chi connectivity index (χ3n) is 3.45. The molecule has 6 nitrogen and oxygen atoms in total. The number of ether oxygens (including phenoxy) is 1. The van der Waals surface area contributed by atoms with Gasteiger partial charge in [0.05, 0.1) is 24.2 Å². The number of hydrogen-bond acceptors (Lipinski definition) is 4. The first kappa shape index (κ1) is 15.8. The molecule has 1 saturated heterocycles. The first-order valence-electron chi connectivity index (χ1n) is 6.81. The molecule has 1 unspecified atom stereocenters. The van der Waals surface area contributed by atoms with Gasteiger partial charge in [0.15, 0.2) is 9.84 Å². The standard InChI is InChI=1S/C14H20N2O4S/c1-11(15-14(17)16-7-9-20-10-8-16)12-3-5-13(6-4-12)21(2,18)19/h3-6,11H,7-10H2,1-2H3,(H,15,17). The van der Waals surface area contributed by atoms with E-state index >= 15 is 0 Å². The Labute approximate surface area is 125 Å². The van der Waals surface area contributed by atoms with Crippen molar-refractivity contribution >= 4 is 15.9 Å². The van der Waals surface area contributed by atoms with Gasteiger partial charge in [-0.2, -0.15) is 0 Å². The van der Waals surface area contributed by atoms with Crippen LogP contribution in [0.15, 0.2) is 29.2 Å². The Hall–Kier alpha value is -1.60. The van der Waals surface area contributed by atoms with Crippen LogP contribution in [0.5, 0.6) is 0 Å². The predicted octanol–water partition coefficient (Wildman–Crippen LogP) is 1.19. The van der Waals surface area contributed by atoms with E-state index in [4.69, 9.17) is 4.74 Å². The quantitative estimate of drug-likeness (QED) is 0.910. The zero-order valence-electron chi connectivity index (χ0n) is 12.2. The molecule has 21 heavy (non-hydrogen) atoms. The number of rotatable bonds is 3. The number of carbonyl (C=O) groups is 1. The van der Waals surface area contributed by atoms with E-state index < -0.39 is 9.84 Å². The molecule has 1 atom stereocenters. The summed E-state index contributed by atoms with van der Waals surface area (Å²) < 4.78 is 28.0. The summed E-state index contributed by atoms with van der Waals surface area (Å²) in [4.78, 5) is 14.1. The summed E-state index contributed by atoms with van der Waals surface area (Å²) in [6.07, 6.45) is 1.17. The second-order valence-electron chi connectivity index (χ2n) is 5.11. The molecule has 1 aromatic carbocycles. The second kappa shape index (κ2) is 6.44. The fraction of sp³-hybridized carbons (Fsp3) is 0.500. The van der Waals surface area contributed by atoms with Gasteiger partial charge in [-0.25, -0.2) is 13.2 Å². The second-order valence-corrected chi connectivity index (χ2v) is 7.13. The monoisotopic (exact) mass is 312 g/mol. The normalized spacial score (nSPS) is 17.3. The summed E-state index contributed by atoms with van der Waals surface area (Å²) >= 11 is 0. The number of amides is 2. The molecule has 2 rings (SSSR count). The van der Waals surface area contributed by atoms with Crippen molar-refractivity contribution in [1.82, 2.24) is 10.2 Å². The van der Waals surface area contributed by atoms with Gasteiger partial charge in [-0.05, 0) is 24.6 Å². The zero-order valence-corrected chi connectivity index (χ0v) is 13.0. The van der Waals surface area contributed by atoms with Gasteiger partial charge in [0.2, 0.25) is 0 Å². The molecule has 1 aliphatic rings. The van der Waals surface area contributed by atoms with Crippen molar-refractivity contribution in [2.45, 2.75) is 17.9 Å². The highest BCUT2D eigenvalue weighted by molar-refractivity contribution is 7.90. The fourth-order valence-corrected chi connectivity index (χ4v) is 2.76. The van der Waals surface area contributed by atoms with Crippen molar-refractivity contribution in [2.24, 2.45) is 0 Å². The van der Waals surface area contributed by atoms with Crippen LogP contribution in [0.1, 0.15) is 18.5 Å². The lowest BCUT2D eigenvalue weighted by Crippen LogP contribution is -2.46. The smallest absolute Gasteiger partial charge is 0.318 e. The number of nitrogens with one attached hydrogen (secondary N) is 1. The highest BCUT2D eigenvalue weighted by Gasteiger charge is 2.19. The average Bonchev–Trinajstić information content (AvgIpc) is 2.47. The molecular weight excluding hydrogens is 292 g/mol. The lowest BCUT2D eigenvalue weighted by Gasteiger charge is -2.28. The number of urea groups is 1. The number of nitrogens with zero attached hydrogens (tertiary/aromatic N) is 1. The number of carbonyl (C=O) groups excluding carboxylic acids is 1. The van der Waals surface area contributed by atoms with Crippen LogP contribution in [0.25, 0.3) is 0 Å². The molecule has 1 heterocycles. The molecule has 0 spiro atoms. The Balaban J connectivity index is 1.99. The Kier molecular flexibility index (Phi) is 4.84. The van der Waals surface area contributed by atoms with Gasteiger partial charge in [0.25, 0.3) is 0 Å². The lowest BCUT2D eigenvalue weighted by atomic mass is 10.1. The van der Waals surface area contributed by atoms with Crippen LogP contribution in [0.4, 0.5) is 4.79 Å². The molecule has 0 radical (unpaired) electrons.